The van der Waals surface area contributed by atoms with E-state index in [0.717, 1.165) is 54.3 Å². The van der Waals surface area contributed by atoms with E-state index in [2.05, 4.69) is 36.1 Å². The number of nitrogens with one attached hydrogen (secondary N) is 1. The van der Waals surface area contributed by atoms with E-state index in [1.54, 1.807) is 12.4 Å². The molecule has 2 rings (SSSR count). The van der Waals surface area contributed by atoms with Crippen molar-refractivity contribution in [3.63, 3.8) is 0 Å². The van der Waals surface area contributed by atoms with Crippen LogP contribution in [0.25, 0.3) is 11.3 Å². The Morgan fingerprint density at radius 2 is 1.80 bits per heavy atom. The first-order valence-corrected chi connectivity index (χ1v) is 7.28. The molecule has 2 aromatic heterocycles. The summed E-state index contributed by atoms with van der Waals surface area (Å²) in [5.41, 5.74) is 3.20. The van der Waals surface area contributed by atoms with Gasteiger partial charge >= 0.3 is 0 Å². The Hall–Kier alpha value is -1.97. The van der Waals surface area contributed by atoms with E-state index >= 15 is 0 Å². The quantitative estimate of drug-likeness (QED) is 0.871. The summed E-state index contributed by atoms with van der Waals surface area (Å²) in [6, 6.07) is 3.99. The number of anilines is 1. The number of rotatable bonds is 6. The van der Waals surface area contributed by atoms with E-state index in [0.29, 0.717) is 0 Å². The van der Waals surface area contributed by atoms with Crippen molar-refractivity contribution >= 4 is 5.82 Å². The van der Waals surface area contributed by atoms with Crippen LogP contribution >= 0.6 is 0 Å². The third-order valence-electron chi connectivity index (χ3n) is 3.16. The lowest BCUT2D eigenvalue weighted by Crippen LogP contribution is -2.09. The minimum atomic E-state index is 0.902. The third kappa shape index (κ3) is 3.32. The summed E-state index contributed by atoms with van der Waals surface area (Å²) in [4.78, 5) is 13.4. The van der Waals surface area contributed by atoms with E-state index in [9.17, 15) is 0 Å². The van der Waals surface area contributed by atoms with Crippen LogP contribution in [0.3, 0.4) is 0 Å². The highest BCUT2D eigenvalue weighted by atomic mass is 15.0. The molecule has 0 unspecified atom stereocenters. The number of aryl methyl sites for hydroxylation is 1. The van der Waals surface area contributed by atoms with Gasteiger partial charge < -0.3 is 5.32 Å². The zero-order valence-electron chi connectivity index (χ0n) is 12.5. The zero-order chi connectivity index (χ0) is 14.4. The highest BCUT2D eigenvalue weighted by Crippen LogP contribution is 2.25. The van der Waals surface area contributed by atoms with Gasteiger partial charge in [-0.2, -0.15) is 0 Å². The predicted molar refractivity (Wildman–Crippen MR) is 82.8 cm³/mol. The van der Waals surface area contributed by atoms with Gasteiger partial charge in [-0.1, -0.05) is 13.8 Å². The molecule has 2 heterocycles. The lowest BCUT2D eigenvalue weighted by atomic mass is 10.1. The van der Waals surface area contributed by atoms with Gasteiger partial charge in [-0.25, -0.2) is 9.97 Å². The summed E-state index contributed by atoms with van der Waals surface area (Å²) in [7, 11) is 0. The molecule has 0 fully saturated rings. The van der Waals surface area contributed by atoms with Crippen molar-refractivity contribution in [3.8, 4) is 11.3 Å². The van der Waals surface area contributed by atoms with E-state index in [-0.39, 0.29) is 0 Å². The second-order valence-corrected chi connectivity index (χ2v) is 4.87. The number of aromatic nitrogens is 3. The molecule has 0 spiro atoms. The summed E-state index contributed by atoms with van der Waals surface area (Å²) in [6.45, 7) is 7.30. The monoisotopic (exact) mass is 270 g/mol. The van der Waals surface area contributed by atoms with Gasteiger partial charge in [0, 0.05) is 36.5 Å². The SMILES string of the molecule is CCCNc1nc(CCC)nc(-c2ccncc2)c1C. The van der Waals surface area contributed by atoms with Crippen molar-refractivity contribution in [2.45, 2.75) is 40.0 Å². The second-order valence-electron chi connectivity index (χ2n) is 4.87. The molecule has 0 radical (unpaired) electrons. The van der Waals surface area contributed by atoms with Crippen LogP contribution in [-0.4, -0.2) is 21.5 Å². The van der Waals surface area contributed by atoms with Crippen molar-refractivity contribution < 1.29 is 0 Å². The highest BCUT2D eigenvalue weighted by Gasteiger charge is 2.11. The molecule has 0 amide bonds. The van der Waals surface area contributed by atoms with Crippen LogP contribution in [0.4, 0.5) is 5.82 Å². The molecule has 1 N–H and O–H groups in total. The van der Waals surface area contributed by atoms with Crippen LogP contribution in [0.15, 0.2) is 24.5 Å². The maximum Gasteiger partial charge on any atom is 0.133 e. The van der Waals surface area contributed by atoms with Gasteiger partial charge in [0.05, 0.1) is 5.69 Å². The summed E-state index contributed by atoms with van der Waals surface area (Å²) in [5, 5.41) is 3.40. The number of hydrogen-bond acceptors (Lipinski definition) is 4. The fourth-order valence-corrected chi connectivity index (χ4v) is 2.10. The largest absolute Gasteiger partial charge is 0.370 e. The fraction of sp³-hybridized carbons (Fsp3) is 0.438. The van der Waals surface area contributed by atoms with Crippen molar-refractivity contribution in [2.75, 3.05) is 11.9 Å². The Kier molecular flexibility index (Phi) is 5.04. The number of pyridine rings is 1. The van der Waals surface area contributed by atoms with Gasteiger partial charge in [0.1, 0.15) is 11.6 Å². The molecule has 4 nitrogen and oxygen atoms in total. The molecule has 106 valence electrons. The Balaban J connectivity index is 2.46. The van der Waals surface area contributed by atoms with Crippen LogP contribution < -0.4 is 5.32 Å². The Bertz CT molecular complexity index is 552. The smallest absolute Gasteiger partial charge is 0.133 e. The van der Waals surface area contributed by atoms with E-state index < -0.39 is 0 Å². The standard InChI is InChI=1S/C16H22N4/c1-4-6-14-19-15(13-7-10-17-11-8-13)12(3)16(20-14)18-9-5-2/h7-8,10-11H,4-6,9H2,1-3H3,(H,18,19,20). The summed E-state index contributed by atoms with van der Waals surface area (Å²) in [6.07, 6.45) is 6.63. The predicted octanol–water partition coefficient (Wildman–Crippen LogP) is 3.62. The van der Waals surface area contributed by atoms with Gasteiger partial charge in [0.2, 0.25) is 0 Å². The maximum absolute atomic E-state index is 4.72. The Labute approximate surface area is 120 Å². The molecular weight excluding hydrogens is 248 g/mol. The molecule has 4 heteroatoms. The highest BCUT2D eigenvalue weighted by molar-refractivity contribution is 5.67. The van der Waals surface area contributed by atoms with Crippen molar-refractivity contribution in [2.24, 2.45) is 0 Å². The normalized spacial score (nSPS) is 10.6. The Morgan fingerprint density at radius 3 is 2.45 bits per heavy atom. The molecule has 2 aromatic rings. The van der Waals surface area contributed by atoms with E-state index in [4.69, 9.17) is 4.98 Å². The molecule has 0 aliphatic rings. The summed E-state index contributed by atoms with van der Waals surface area (Å²) in [5.74, 6) is 1.86. The number of nitrogens with zero attached hydrogens (tertiary/aromatic N) is 3. The van der Waals surface area contributed by atoms with Gasteiger partial charge in [0.15, 0.2) is 0 Å². The van der Waals surface area contributed by atoms with Crippen LogP contribution in [0.5, 0.6) is 0 Å². The average Bonchev–Trinajstić information content (AvgIpc) is 2.48. The third-order valence-corrected chi connectivity index (χ3v) is 3.16. The molecule has 0 saturated heterocycles. The molecule has 0 aromatic carbocycles. The molecule has 20 heavy (non-hydrogen) atoms. The molecule has 0 aliphatic heterocycles. The second kappa shape index (κ2) is 6.98. The van der Waals surface area contributed by atoms with Crippen LogP contribution in [0.1, 0.15) is 38.1 Å². The van der Waals surface area contributed by atoms with Crippen molar-refractivity contribution in [1.82, 2.24) is 15.0 Å². The van der Waals surface area contributed by atoms with Crippen LogP contribution in [-0.2, 0) is 6.42 Å². The summed E-state index contributed by atoms with van der Waals surface area (Å²) >= 11 is 0. The molecular formula is C16H22N4. The zero-order valence-corrected chi connectivity index (χ0v) is 12.5. The van der Waals surface area contributed by atoms with Crippen LogP contribution in [0, 0.1) is 6.92 Å². The van der Waals surface area contributed by atoms with Crippen LogP contribution in [0.2, 0.25) is 0 Å². The minimum absolute atomic E-state index is 0.902. The van der Waals surface area contributed by atoms with E-state index in [1.165, 1.54) is 0 Å². The fourth-order valence-electron chi connectivity index (χ4n) is 2.10. The minimum Gasteiger partial charge on any atom is -0.370 e. The summed E-state index contributed by atoms with van der Waals surface area (Å²) < 4.78 is 0. The lowest BCUT2D eigenvalue weighted by molar-refractivity contribution is 0.830. The average molecular weight is 270 g/mol. The molecule has 0 atom stereocenters. The van der Waals surface area contributed by atoms with Gasteiger partial charge in [-0.05, 0) is 31.9 Å². The molecule has 0 bridgehead atoms. The number of hydrogen-bond donors (Lipinski definition) is 1. The van der Waals surface area contributed by atoms with Gasteiger partial charge in [-0.3, -0.25) is 4.98 Å². The van der Waals surface area contributed by atoms with E-state index in [1.807, 2.05) is 12.1 Å². The first-order chi connectivity index (χ1) is 9.76. The van der Waals surface area contributed by atoms with Gasteiger partial charge in [-0.15, -0.1) is 0 Å². The molecule has 0 saturated carbocycles. The topological polar surface area (TPSA) is 50.7 Å². The van der Waals surface area contributed by atoms with Gasteiger partial charge in [0.25, 0.3) is 0 Å². The molecule has 0 aliphatic carbocycles. The lowest BCUT2D eigenvalue weighted by Gasteiger charge is -2.13. The van der Waals surface area contributed by atoms with Crippen molar-refractivity contribution in [1.29, 1.82) is 0 Å². The first-order valence-electron chi connectivity index (χ1n) is 7.28. The Morgan fingerprint density at radius 1 is 1.05 bits per heavy atom. The van der Waals surface area contributed by atoms with Crippen molar-refractivity contribution in [3.05, 3.63) is 35.9 Å². The maximum atomic E-state index is 4.72. The first kappa shape index (κ1) is 14.4.